The summed E-state index contributed by atoms with van der Waals surface area (Å²) in [6, 6.07) is 5.12. The fraction of sp³-hybridized carbons (Fsp3) is 0. The lowest BCUT2D eigenvalue weighted by Gasteiger charge is -2.07. The van der Waals surface area contributed by atoms with Gasteiger partial charge in [0.2, 0.25) is 0 Å². The average molecular weight is 291 g/mol. The molecule has 108 valence electrons. The van der Waals surface area contributed by atoms with E-state index in [1.54, 1.807) is 0 Å². The minimum Gasteiger partial charge on any atom is -0.506 e. The van der Waals surface area contributed by atoms with E-state index in [0.717, 1.165) is 30.3 Å². The molecule has 4 N–H and O–H groups in total. The number of benzene rings is 1. The van der Waals surface area contributed by atoms with Gasteiger partial charge in [-0.25, -0.2) is 0 Å². The Balaban J connectivity index is 2.27. The van der Waals surface area contributed by atoms with Gasteiger partial charge in [0.1, 0.15) is 5.75 Å². The summed E-state index contributed by atoms with van der Waals surface area (Å²) in [5, 5.41) is 31.6. The van der Waals surface area contributed by atoms with Crippen LogP contribution in [0.25, 0.3) is 0 Å². The van der Waals surface area contributed by atoms with Gasteiger partial charge in [0.15, 0.2) is 5.88 Å². The lowest BCUT2D eigenvalue weighted by molar-refractivity contribution is -0.384. The first-order valence-corrected chi connectivity index (χ1v) is 5.59. The number of pyridine rings is 1. The minimum atomic E-state index is -0.763. The molecule has 0 saturated carbocycles. The van der Waals surface area contributed by atoms with Gasteiger partial charge in [-0.05, 0) is 6.07 Å². The first-order valence-electron chi connectivity index (χ1n) is 5.59. The number of rotatable bonds is 3. The van der Waals surface area contributed by atoms with Gasteiger partial charge in [-0.2, -0.15) is 0 Å². The van der Waals surface area contributed by atoms with Gasteiger partial charge >= 0.3 is 0 Å². The Morgan fingerprint density at radius 3 is 2.52 bits per heavy atom. The van der Waals surface area contributed by atoms with E-state index in [4.69, 9.17) is 0 Å². The van der Waals surface area contributed by atoms with Crippen LogP contribution in [0.3, 0.4) is 0 Å². The molecule has 21 heavy (non-hydrogen) atoms. The molecule has 0 aliphatic carbocycles. The molecule has 0 radical (unpaired) electrons. The van der Waals surface area contributed by atoms with Crippen LogP contribution in [0.15, 0.2) is 35.1 Å². The molecule has 1 amide bonds. The van der Waals surface area contributed by atoms with Crippen molar-refractivity contribution in [3.8, 4) is 11.6 Å². The van der Waals surface area contributed by atoms with Crippen molar-refractivity contribution in [2.45, 2.75) is 0 Å². The van der Waals surface area contributed by atoms with Crippen LogP contribution in [0.1, 0.15) is 10.4 Å². The van der Waals surface area contributed by atoms with Crippen molar-refractivity contribution in [1.29, 1.82) is 0 Å². The summed E-state index contributed by atoms with van der Waals surface area (Å²) in [6.45, 7) is 0. The van der Waals surface area contributed by atoms with Crippen molar-refractivity contribution in [1.82, 2.24) is 4.98 Å². The van der Waals surface area contributed by atoms with Crippen molar-refractivity contribution in [2.24, 2.45) is 0 Å². The Bertz CT molecular complexity index is 783. The number of phenolic OH excluding ortho intramolecular Hbond substituents is 1. The standard InChI is InChI=1S/C12H9N3O6/c16-9-5-7(15(20)21)1-2-8(9)13-12(19)6-3-10(17)14-11(18)4-6/h1-5,16H,(H,13,19)(H2,14,17,18). The van der Waals surface area contributed by atoms with Gasteiger partial charge in [-0.15, -0.1) is 0 Å². The number of non-ortho nitro benzene ring substituents is 1. The number of H-pyrrole nitrogens is 1. The average Bonchev–Trinajstić information content (AvgIpc) is 2.39. The molecule has 9 heteroatoms. The highest BCUT2D eigenvalue weighted by molar-refractivity contribution is 6.05. The van der Waals surface area contributed by atoms with Crippen LogP contribution in [-0.2, 0) is 0 Å². The van der Waals surface area contributed by atoms with Crippen molar-refractivity contribution >= 4 is 17.3 Å². The summed E-state index contributed by atoms with van der Waals surface area (Å²) in [7, 11) is 0. The first kappa shape index (κ1) is 14.1. The van der Waals surface area contributed by atoms with E-state index in [2.05, 4.69) is 10.3 Å². The van der Waals surface area contributed by atoms with Crippen LogP contribution in [0.4, 0.5) is 11.4 Å². The topological polar surface area (TPSA) is 146 Å². The van der Waals surface area contributed by atoms with Crippen molar-refractivity contribution in [3.63, 3.8) is 0 Å². The van der Waals surface area contributed by atoms with Crippen molar-refractivity contribution in [3.05, 3.63) is 56.4 Å². The Morgan fingerprint density at radius 1 is 1.24 bits per heavy atom. The van der Waals surface area contributed by atoms with Gasteiger partial charge in [-0.3, -0.25) is 24.7 Å². The minimum absolute atomic E-state index is 0.0645. The van der Waals surface area contributed by atoms with E-state index in [0.29, 0.717) is 0 Å². The number of carbonyl (C=O) groups excluding carboxylic acids is 1. The molecule has 2 rings (SSSR count). The Labute approximate surface area is 116 Å². The van der Waals surface area contributed by atoms with E-state index >= 15 is 0 Å². The van der Waals surface area contributed by atoms with Crippen molar-refractivity contribution < 1.29 is 19.9 Å². The second-order valence-electron chi connectivity index (χ2n) is 4.03. The summed E-state index contributed by atoms with van der Waals surface area (Å²) in [5.41, 5.74) is -1.20. The lowest BCUT2D eigenvalue weighted by Crippen LogP contribution is -2.15. The van der Waals surface area contributed by atoms with Crippen LogP contribution in [0.5, 0.6) is 11.6 Å². The predicted molar refractivity (Wildman–Crippen MR) is 71.4 cm³/mol. The van der Waals surface area contributed by atoms with Crippen molar-refractivity contribution in [2.75, 3.05) is 5.32 Å². The molecule has 0 bridgehead atoms. The number of hydrogen-bond acceptors (Lipinski definition) is 6. The molecule has 0 unspecified atom stereocenters. The Morgan fingerprint density at radius 2 is 1.95 bits per heavy atom. The molecule has 0 aliphatic rings. The number of aromatic nitrogens is 1. The van der Waals surface area contributed by atoms with Gasteiger partial charge in [0.05, 0.1) is 22.2 Å². The molecule has 1 aromatic carbocycles. The number of aromatic hydroxyl groups is 2. The number of carbonyl (C=O) groups is 1. The second-order valence-corrected chi connectivity index (χ2v) is 4.03. The molecule has 0 fully saturated rings. The van der Waals surface area contributed by atoms with E-state index in [1.165, 1.54) is 0 Å². The highest BCUT2D eigenvalue weighted by atomic mass is 16.6. The van der Waals surface area contributed by atoms with E-state index in [-0.39, 0.29) is 16.9 Å². The zero-order chi connectivity index (χ0) is 15.6. The summed E-state index contributed by atoms with van der Waals surface area (Å²) < 4.78 is 0. The lowest BCUT2D eigenvalue weighted by atomic mass is 10.2. The smallest absolute Gasteiger partial charge is 0.273 e. The molecular formula is C12H9N3O6. The fourth-order valence-corrected chi connectivity index (χ4v) is 1.59. The number of nitro groups is 1. The van der Waals surface area contributed by atoms with E-state index < -0.39 is 28.0 Å². The number of phenols is 1. The fourth-order valence-electron chi connectivity index (χ4n) is 1.59. The molecule has 2 aromatic rings. The van der Waals surface area contributed by atoms with Crippen LogP contribution in [0, 0.1) is 10.1 Å². The molecular weight excluding hydrogens is 282 g/mol. The van der Waals surface area contributed by atoms with Gasteiger partial charge in [0.25, 0.3) is 17.2 Å². The van der Waals surface area contributed by atoms with Crippen LogP contribution < -0.4 is 10.9 Å². The van der Waals surface area contributed by atoms with Gasteiger partial charge < -0.3 is 15.5 Å². The number of anilines is 1. The Hall–Kier alpha value is -3.36. The molecule has 1 aromatic heterocycles. The van der Waals surface area contributed by atoms with E-state index in [1.807, 2.05) is 0 Å². The third-order valence-electron chi connectivity index (χ3n) is 2.53. The molecule has 0 aliphatic heterocycles. The quantitative estimate of drug-likeness (QED) is 0.376. The third kappa shape index (κ3) is 3.15. The third-order valence-corrected chi connectivity index (χ3v) is 2.53. The molecule has 1 heterocycles. The zero-order valence-electron chi connectivity index (χ0n) is 10.4. The zero-order valence-corrected chi connectivity index (χ0v) is 10.4. The largest absolute Gasteiger partial charge is 0.506 e. The maximum atomic E-state index is 11.9. The Kier molecular flexibility index (Phi) is 3.57. The molecule has 0 saturated heterocycles. The number of hydrogen-bond donors (Lipinski definition) is 4. The molecule has 9 nitrogen and oxygen atoms in total. The van der Waals surface area contributed by atoms with E-state index in [9.17, 15) is 29.9 Å². The highest BCUT2D eigenvalue weighted by Crippen LogP contribution is 2.28. The molecule has 0 atom stereocenters. The number of nitrogens with zero attached hydrogens (tertiary/aromatic N) is 1. The number of aromatic amines is 1. The normalized spacial score (nSPS) is 10.1. The summed E-state index contributed by atoms with van der Waals surface area (Å²) in [4.78, 5) is 34.9. The number of nitrogens with one attached hydrogen (secondary N) is 2. The number of amides is 1. The SMILES string of the molecule is O=C(Nc1ccc([N+](=O)[O-])cc1O)c1cc(O)[nH]c(=O)c1. The second kappa shape index (κ2) is 5.33. The monoisotopic (exact) mass is 291 g/mol. The maximum Gasteiger partial charge on any atom is 0.273 e. The maximum absolute atomic E-state index is 11.9. The number of nitro benzene ring substituents is 1. The van der Waals surface area contributed by atoms with Gasteiger partial charge in [-0.1, -0.05) is 0 Å². The summed E-state index contributed by atoms with van der Waals surface area (Å²) >= 11 is 0. The summed E-state index contributed by atoms with van der Waals surface area (Å²) in [5.74, 6) is -1.74. The predicted octanol–water partition coefficient (Wildman–Crippen LogP) is 0.947. The first-order chi connectivity index (χ1) is 9.86. The van der Waals surface area contributed by atoms with Gasteiger partial charge in [0, 0.05) is 18.2 Å². The van der Waals surface area contributed by atoms with Crippen LogP contribution >= 0.6 is 0 Å². The summed E-state index contributed by atoms with van der Waals surface area (Å²) in [6.07, 6.45) is 0. The molecule has 0 spiro atoms. The van der Waals surface area contributed by atoms with Crippen LogP contribution in [0.2, 0.25) is 0 Å². The highest BCUT2D eigenvalue weighted by Gasteiger charge is 2.14. The van der Waals surface area contributed by atoms with Crippen LogP contribution in [-0.4, -0.2) is 26.0 Å².